The van der Waals surface area contributed by atoms with E-state index in [0.29, 0.717) is 12.0 Å². The molecular formula is C11H14N4. The molecule has 1 fully saturated rings. The van der Waals surface area contributed by atoms with Crippen LogP contribution in [0.2, 0.25) is 0 Å². The van der Waals surface area contributed by atoms with Gasteiger partial charge in [0.1, 0.15) is 0 Å². The molecule has 1 aliphatic rings. The maximum absolute atomic E-state index is 5.92. The van der Waals surface area contributed by atoms with Crippen LogP contribution < -0.4 is 11.5 Å². The Morgan fingerprint density at radius 1 is 1.27 bits per heavy atom. The zero-order valence-corrected chi connectivity index (χ0v) is 8.48. The lowest BCUT2D eigenvalue weighted by Gasteiger charge is -2.28. The van der Waals surface area contributed by atoms with E-state index in [0.717, 1.165) is 16.7 Å². The van der Waals surface area contributed by atoms with Crippen molar-refractivity contribution < 1.29 is 0 Å². The molecule has 78 valence electrons. The van der Waals surface area contributed by atoms with Gasteiger partial charge in [0.25, 0.3) is 0 Å². The second-order valence-corrected chi connectivity index (χ2v) is 4.17. The van der Waals surface area contributed by atoms with E-state index in [1.165, 1.54) is 19.3 Å². The molecule has 0 radical (unpaired) electrons. The number of hydrogen-bond donors (Lipinski definition) is 2. The Balaban J connectivity index is 2.25. The van der Waals surface area contributed by atoms with E-state index >= 15 is 0 Å². The van der Waals surface area contributed by atoms with E-state index in [1.807, 2.05) is 18.2 Å². The molecule has 1 aliphatic carbocycles. The summed E-state index contributed by atoms with van der Waals surface area (Å²) in [4.78, 5) is 4.34. The van der Waals surface area contributed by atoms with E-state index in [1.54, 1.807) is 0 Å². The lowest BCUT2D eigenvalue weighted by atomic mass is 9.93. The first-order valence-electron chi connectivity index (χ1n) is 5.28. The average Bonchev–Trinajstić information content (AvgIpc) is 2.42. The number of anilines is 2. The third kappa shape index (κ3) is 1.17. The highest BCUT2D eigenvalue weighted by Gasteiger charge is 2.23. The van der Waals surface area contributed by atoms with Crippen LogP contribution in [0.1, 0.15) is 25.3 Å². The number of nitrogen functional groups attached to an aromatic ring is 2. The molecule has 0 unspecified atom stereocenters. The predicted octanol–water partition coefficient (Wildman–Crippen LogP) is 1.93. The molecule has 1 aromatic carbocycles. The first-order valence-corrected chi connectivity index (χ1v) is 5.28. The fraction of sp³-hybridized carbons (Fsp3) is 0.364. The van der Waals surface area contributed by atoms with Crippen LogP contribution in [0.25, 0.3) is 11.0 Å². The average molecular weight is 202 g/mol. The standard InChI is InChI=1S/C11H14N4/c12-7-4-5-9-10(6-7)15(11(13)14-9)8-2-1-3-8/h4-6,8H,1-3,12H2,(H2,13,14). The molecule has 4 N–H and O–H groups in total. The molecule has 0 atom stereocenters. The van der Waals surface area contributed by atoms with Gasteiger partial charge in [-0.1, -0.05) is 0 Å². The van der Waals surface area contributed by atoms with Crippen LogP contribution in [-0.2, 0) is 0 Å². The summed E-state index contributed by atoms with van der Waals surface area (Å²) in [6.45, 7) is 0. The maximum atomic E-state index is 5.92. The summed E-state index contributed by atoms with van der Waals surface area (Å²) in [6, 6.07) is 6.27. The third-order valence-electron chi connectivity index (χ3n) is 3.18. The Bertz CT molecular complexity index is 511. The van der Waals surface area contributed by atoms with Crippen molar-refractivity contribution in [3.63, 3.8) is 0 Å². The molecular weight excluding hydrogens is 188 g/mol. The molecule has 0 saturated heterocycles. The van der Waals surface area contributed by atoms with Gasteiger partial charge in [0.05, 0.1) is 11.0 Å². The van der Waals surface area contributed by atoms with E-state index in [-0.39, 0.29) is 0 Å². The number of hydrogen-bond acceptors (Lipinski definition) is 3. The molecule has 0 bridgehead atoms. The van der Waals surface area contributed by atoms with E-state index in [4.69, 9.17) is 11.5 Å². The minimum absolute atomic E-state index is 0.525. The largest absolute Gasteiger partial charge is 0.399 e. The number of aromatic nitrogens is 2. The Morgan fingerprint density at radius 2 is 2.07 bits per heavy atom. The minimum Gasteiger partial charge on any atom is -0.399 e. The normalized spacial score (nSPS) is 16.8. The van der Waals surface area contributed by atoms with Crippen molar-refractivity contribution in [2.45, 2.75) is 25.3 Å². The fourth-order valence-corrected chi connectivity index (χ4v) is 2.16. The number of rotatable bonds is 1. The van der Waals surface area contributed by atoms with E-state index in [9.17, 15) is 0 Å². The van der Waals surface area contributed by atoms with Gasteiger partial charge in [-0.25, -0.2) is 4.98 Å². The van der Waals surface area contributed by atoms with Crippen molar-refractivity contribution in [2.24, 2.45) is 0 Å². The molecule has 4 nitrogen and oxygen atoms in total. The highest BCUT2D eigenvalue weighted by molar-refractivity contribution is 5.81. The molecule has 2 aromatic rings. The van der Waals surface area contributed by atoms with Gasteiger partial charge in [0, 0.05) is 11.7 Å². The number of nitrogens with two attached hydrogens (primary N) is 2. The topological polar surface area (TPSA) is 69.9 Å². The molecule has 15 heavy (non-hydrogen) atoms. The van der Waals surface area contributed by atoms with Crippen LogP contribution in [0.5, 0.6) is 0 Å². The zero-order valence-electron chi connectivity index (χ0n) is 8.48. The maximum Gasteiger partial charge on any atom is 0.201 e. The monoisotopic (exact) mass is 202 g/mol. The summed E-state index contributed by atoms with van der Waals surface area (Å²) < 4.78 is 2.12. The van der Waals surface area contributed by atoms with Crippen molar-refractivity contribution in [1.82, 2.24) is 9.55 Å². The summed E-state index contributed by atoms with van der Waals surface area (Å²) in [6.07, 6.45) is 3.68. The second-order valence-electron chi connectivity index (χ2n) is 4.17. The quantitative estimate of drug-likeness (QED) is 0.694. The van der Waals surface area contributed by atoms with Gasteiger partial charge in [-0.15, -0.1) is 0 Å². The van der Waals surface area contributed by atoms with Gasteiger partial charge in [-0.3, -0.25) is 0 Å². The van der Waals surface area contributed by atoms with Gasteiger partial charge < -0.3 is 16.0 Å². The van der Waals surface area contributed by atoms with Gasteiger partial charge in [0.2, 0.25) is 5.95 Å². The molecule has 4 heteroatoms. The van der Waals surface area contributed by atoms with Gasteiger partial charge >= 0.3 is 0 Å². The van der Waals surface area contributed by atoms with Crippen LogP contribution >= 0.6 is 0 Å². The predicted molar refractivity (Wildman–Crippen MR) is 61.4 cm³/mol. The summed E-state index contributed by atoms with van der Waals surface area (Å²) in [5.74, 6) is 0.611. The molecule has 3 rings (SSSR count). The van der Waals surface area contributed by atoms with Crippen molar-refractivity contribution >= 4 is 22.7 Å². The van der Waals surface area contributed by atoms with Crippen LogP contribution in [-0.4, -0.2) is 9.55 Å². The Kier molecular flexibility index (Phi) is 1.65. The molecule has 0 aliphatic heterocycles. The SMILES string of the molecule is Nc1ccc2nc(N)n(C3CCC3)c2c1. The van der Waals surface area contributed by atoms with Crippen molar-refractivity contribution in [3.05, 3.63) is 18.2 Å². The van der Waals surface area contributed by atoms with Crippen molar-refractivity contribution in [1.29, 1.82) is 0 Å². The molecule has 1 heterocycles. The van der Waals surface area contributed by atoms with Crippen LogP contribution in [0, 0.1) is 0 Å². The van der Waals surface area contributed by atoms with Crippen molar-refractivity contribution in [2.75, 3.05) is 11.5 Å². The zero-order chi connectivity index (χ0) is 10.4. The lowest BCUT2D eigenvalue weighted by molar-refractivity contribution is 0.324. The van der Waals surface area contributed by atoms with Gasteiger partial charge in [-0.05, 0) is 37.5 Å². The van der Waals surface area contributed by atoms with Crippen LogP contribution in [0.15, 0.2) is 18.2 Å². The molecule has 0 spiro atoms. The molecule has 1 aromatic heterocycles. The van der Waals surface area contributed by atoms with Crippen LogP contribution in [0.3, 0.4) is 0 Å². The van der Waals surface area contributed by atoms with Gasteiger partial charge in [0.15, 0.2) is 0 Å². The number of nitrogens with zero attached hydrogens (tertiary/aromatic N) is 2. The number of fused-ring (bicyclic) bond motifs is 1. The summed E-state index contributed by atoms with van der Waals surface area (Å²) >= 11 is 0. The van der Waals surface area contributed by atoms with Crippen LogP contribution in [0.4, 0.5) is 11.6 Å². The van der Waals surface area contributed by atoms with Crippen molar-refractivity contribution in [3.8, 4) is 0 Å². The van der Waals surface area contributed by atoms with E-state index in [2.05, 4.69) is 9.55 Å². The Hall–Kier alpha value is -1.71. The lowest BCUT2D eigenvalue weighted by Crippen LogP contribution is -2.18. The highest BCUT2D eigenvalue weighted by atomic mass is 15.2. The minimum atomic E-state index is 0.525. The van der Waals surface area contributed by atoms with Gasteiger partial charge in [-0.2, -0.15) is 0 Å². The summed E-state index contributed by atoms with van der Waals surface area (Å²) in [5, 5.41) is 0. The Labute approximate surface area is 87.9 Å². The summed E-state index contributed by atoms with van der Waals surface area (Å²) in [7, 11) is 0. The smallest absolute Gasteiger partial charge is 0.201 e. The first kappa shape index (κ1) is 8.59. The Morgan fingerprint density at radius 3 is 2.73 bits per heavy atom. The molecule has 0 amide bonds. The van der Waals surface area contributed by atoms with E-state index < -0.39 is 0 Å². The third-order valence-corrected chi connectivity index (χ3v) is 3.18. The first-order chi connectivity index (χ1) is 7.25. The number of imidazole rings is 1. The fourth-order valence-electron chi connectivity index (χ4n) is 2.16. The summed E-state index contributed by atoms with van der Waals surface area (Å²) in [5.41, 5.74) is 14.5. The number of benzene rings is 1. The molecule has 1 saturated carbocycles. The second kappa shape index (κ2) is 2.89. The highest BCUT2D eigenvalue weighted by Crippen LogP contribution is 2.36.